The second kappa shape index (κ2) is 7.18. The molecule has 0 unspecified atom stereocenters. The molecule has 1 aliphatic rings. The van der Waals surface area contributed by atoms with Crippen molar-refractivity contribution in [1.82, 2.24) is 8.61 Å². The average Bonchev–Trinajstić information content (AvgIpc) is 3.07. The smallest absolute Gasteiger partial charge is 0.304 e. The third-order valence-electron chi connectivity index (χ3n) is 3.88. The fraction of sp³-hybridized carbons (Fsp3) is 0.500. The number of nitrogens with zero attached hydrogens (tertiary/aromatic N) is 2. The number of hydrogen-bond donors (Lipinski definition) is 1. The molecule has 0 aromatic heterocycles. The molecule has 0 radical (unpaired) electrons. The van der Waals surface area contributed by atoms with Crippen LogP contribution in [-0.2, 0) is 24.8 Å². The van der Waals surface area contributed by atoms with Gasteiger partial charge in [0.25, 0.3) is 0 Å². The van der Waals surface area contributed by atoms with E-state index in [9.17, 15) is 21.6 Å². The fourth-order valence-electron chi connectivity index (χ4n) is 2.41. The number of aliphatic carboxylic acids is 1. The Labute approximate surface area is 141 Å². The predicted octanol–water partition coefficient (Wildman–Crippen LogP) is 0.566. The van der Waals surface area contributed by atoms with Crippen molar-refractivity contribution in [2.24, 2.45) is 0 Å². The number of sulfonamides is 2. The van der Waals surface area contributed by atoms with Gasteiger partial charge in [-0.15, -0.1) is 0 Å². The number of rotatable bonds is 7. The molecule has 24 heavy (non-hydrogen) atoms. The summed E-state index contributed by atoms with van der Waals surface area (Å²) >= 11 is 0. The quantitative estimate of drug-likeness (QED) is 0.744. The average molecular weight is 376 g/mol. The Morgan fingerprint density at radius 2 is 1.58 bits per heavy atom. The first-order valence-electron chi connectivity index (χ1n) is 7.44. The van der Waals surface area contributed by atoms with Crippen LogP contribution in [0.1, 0.15) is 19.3 Å². The molecule has 134 valence electrons. The molecule has 1 fully saturated rings. The van der Waals surface area contributed by atoms with Gasteiger partial charge in [0, 0.05) is 26.7 Å². The molecule has 1 N–H and O–H groups in total. The minimum Gasteiger partial charge on any atom is -0.481 e. The Kier molecular flexibility index (Phi) is 5.63. The minimum atomic E-state index is -3.85. The van der Waals surface area contributed by atoms with Crippen LogP contribution < -0.4 is 0 Å². The maximum Gasteiger partial charge on any atom is 0.304 e. The monoisotopic (exact) mass is 376 g/mol. The largest absolute Gasteiger partial charge is 0.481 e. The lowest BCUT2D eigenvalue weighted by Gasteiger charge is -2.18. The van der Waals surface area contributed by atoms with Crippen LogP contribution in [0.5, 0.6) is 0 Å². The number of carboxylic acid groups (broad SMARTS) is 1. The van der Waals surface area contributed by atoms with E-state index in [0.29, 0.717) is 13.1 Å². The van der Waals surface area contributed by atoms with Crippen LogP contribution in [0, 0.1) is 0 Å². The third-order valence-corrected chi connectivity index (χ3v) is 7.66. The third kappa shape index (κ3) is 3.94. The summed E-state index contributed by atoms with van der Waals surface area (Å²) < 4.78 is 51.8. The normalized spacial score (nSPS) is 16.6. The van der Waals surface area contributed by atoms with Gasteiger partial charge >= 0.3 is 5.97 Å². The Balaban J connectivity index is 2.20. The molecule has 0 aliphatic carbocycles. The van der Waals surface area contributed by atoms with E-state index in [1.54, 1.807) is 0 Å². The summed E-state index contributed by atoms with van der Waals surface area (Å²) in [4.78, 5) is 10.5. The summed E-state index contributed by atoms with van der Waals surface area (Å²) in [7, 11) is -6.16. The highest BCUT2D eigenvalue weighted by Gasteiger charge is 2.28. The lowest BCUT2D eigenvalue weighted by molar-refractivity contribution is -0.137. The van der Waals surface area contributed by atoms with E-state index >= 15 is 0 Å². The van der Waals surface area contributed by atoms with Crippen molar-refractivity contribution in [1.29, 1.82) is 0 Å². The molecule has 0 spiro atoms. The molecule has 8 nitrogen and oxygen atoms in total. The highest BCUT2D eigenvalue weighted by Crippen LogP contribution is 2.23. The van der Waals surface area contributed by atoms with Gasteiger partial charge < -0.3 is 5.11 Å². The molecule has 1 saturated heterocycles. The van der Waals surface area contributed by atoms with Crippen molar-refractivity contribution in [3.63, 3.8) is 0 Å². The maximum absolute atomic E-state index is 12.4. The van der Waals surface area contributed by atoms with Gasteiger partial charge in [-0.25, -0.2) is 21.1 Å². The van der Waals surface area contributed by atoms with E-state index < -0.39 is 26.0 Å². The molecule has 0 bridgehead atoms. The summed E-state index contributed by atoms with van der Waals surface area (Å²) in [6, 6.07) is 5.00. The summed E-state index contributed by atoms with van der Waals surface area (Å²) in [6.45, 7) is 0.784. The fourth-order valence-corrected chi connectivity index (χ4v) is 5.10. The first-order chi connectivity index (χ1) is 11.2. The van der Waals surface area contributed by atoms with E-state index in [0.717, 1.165) is 17.1 Å². The second-order valence-corrected chi connectivity index (χ2v) is 9.54. The van der Waals surface area contributed by atoms with Crippen molar-refractivity contribution < 1.29 is 26.7 Å². The van der Waals surface area contributed by atoms with Crippen LogP contribution in [0.4, 0.5) is 0 Å². The van der Waals surface area contributed by atoms with E-state index in [-0.39, 0.29) is 22.8 Å². The number of carbonyl (C=O) groups is 1. The van der Waals surface area contributed by atoms with Crippen molar-refractivity contribution in [2.75, 3.05) is 26.7 Å². The van der Waals surface area contributed by atoms with Crippen LogP contribution in [0.15, 0.2) is 34.1 Å². The highest BCUT2D eigenvalue weighted by molar-refractivity contribution is 7.89. The molecule has 1 heterocycles. The maximum atomic E-state index is 12.4. The molecule has 10 heteroatoms. The van der Waals surface area contributed by atoms with E-state index in [2.05, 4.69) is 0 Å². The van der Waals surface area contributed by atoms with E-state index in [4.69, 9.17) is 5.11 Å². The van der Waals surface area contributed by atoms with Gasteiger partial charge in [0.2, 0.25) is 20.0 Å². The van der Waals surface area contributed by atoms with Crippen molar-refractivity contribution >= 4 is 26.0 Å². The molecule has 0 amide bonds. The molecule has 1 aromatic carbocycles. The summed E-state index contributed by atoms with van der Waals surface area (Å²) in [6.07, 6.45) is 1.33. The van der Waals surface area contributed by atoms with Gasteiger partial charge in [-0.2, -0.15) is 4.31 Å². The van der Waals surface area contributed by atoms with Crippen LogP contribution in [0.3, 0.4) is 0 Å². The molecule has 2 rings (SSSR count). The van der Waals surface area contributed by atoms with Crippen molar-refractivity contribution in [2.45, 2.75) is 29.1 Å². The number of benzene rings is 1. The zero-order valence-electron chi connectivity index (χ0n) is 13.3. The number of hydrogen-bond acceptors (Lipinski definition) is 5. The minimum absolute atomic E-state index is 0.0524. The van der Waals surface area contributed by atoms with Gasteiger partial charge in [-0.3, -0.25) is 4.79 Å². The first kappa shape index (κ1) is 18.8. The van der Waals surface area contributed by atoms with E-state index in [1.165, 1.54) is 35.6 Å². The standard InChI is InChI=1S/C14H20N2O6S2/c1-15(11-8-14(17)18)23(19,20)12-4-6-13(7-5-12)24(21,22)16-9-2-3-10-16/h4-7H,2-3,8-11H2,1H3,(H,17,18). The van der Waals surface area contributed by atoms with Gasteiger partial charge in [0.1, 0.15) is 0 Å². The molecule has 1 aliphatic heterocycles. The van der Waals surface area contributed by atoms with Gasteiger partial charge in [-0.05, 0) is 37.1 Å². The van der Waals surface area contributed by atoms with Crippen molar-refractivity contribution in [3.05, 3.63) is 24.3 Å². The molecule has 0 saturated carbocycles. The summed E-state index contributed by atoms with van der Waals surface area (Å²) in [5, 5.41) is 8.64. The Morgan fingerprint density at radius 3 is 2.08 bits per heavy atom. The lowest BCUT2D eigenvalue weighted by Crippen LogP contribution is -2.29. The second-order valence-electron chi connectivity index (χ2n) is 5.55. The Bertz CT molecular complexity index is 796. The SMILES string of the molecule is CN(CCC(=O)O)S(=O)(=O)c1ccc(S(=O)(=O)N2CCCC2)cc1. The van der Waals surface area contributed by atoms with Gasteiger partial charge in [-0.1, -0.05) is 0 Å². The van der Waals surface area contributed by atoms with Crippen LogP contribution in [0.2, 0.25) is 0 Å². The van der Waals surface area contributed by atoms with Crippen molar-refractivity contribution in [3.8, 4) is 0 Å². The Hall–Kier alpha value is -1.49. The van der Waals surface area contributed by atoms with Crippen LogP contribution >= 0.6 is 0 Å². The lowest BCUT2D eigenvalue weighted by atomic mass is 10.4. The molecule has 1 aromatic rings. The zero-order chi connectivity index (χ0) is 18.0. The highest BCUT2D eigenvalue weighted by atomic mass is 32.2. The van der Waals surface area contributed by atoms with E-state index in [1.807, 2.05) is 0 Å². The molecule has 0 atom stereocenters. The molecular formula is C14H20N2O6S2. The molecular weight excluding hydrogens is 356 g/mol. The summed E-state index contributed by atoms with van der Waals surface area (Å²) in [5.41, 5.74) is 0. The van der Waals surface area contributed by atoms with Gasteiger partial charge in [0.15, 0.2) is 0 Å². The van der Waals surface area contributed by atoms with Crippen LogP contribution in [-0.4, -0.2) is 63.2 Å². The Morgan fingerprint density at radius 1 is 1.08 bits per heavy atom. The van der Waals surface area contributed by atoms with Crippen LogP contribution in [0.25, 0.3) is 0 Å². The topological polar surface area (TPSA) is 112 Å². The van der Waals surface area contributed by atoms with Gasteiger partial charge in [0.05, 0.1) is 16.2 Å². The first-order valence-corrected chi connectivity index (χ1v) is 10.3. The zero-order valence-corrected chi connectivity index (χ0v) is 14.9. The summed E-state index contributed by atoms with van der Waals surface area (Å²) in [5.74, 6) is -1.09. The number of carboxylic acids is 1. The predicted molar refractivity (Wildman–Crippen MR) is 86.5 cm³/mol.